The smallest absolute Gasteiger partial charge is 0.122 e. The van der Waals surface area contributed by atoms with Crippen molar-refractivity contribution in [3.63, 3.8) is 0 Å². The Kier molecular flexibility index (Phi) is 2.74. The Bertz CT molecular complexity index is 653. The number of hydrogen-bond donors (Lipinski definition) is 1. The third-order valence-corrected chi connectivity index (χ3v) is 4.44. The molecule has 0 saturated heterocycles. The predicted molar refractivity (Wildman–Crippen MR) is 75.9 cm³/mol. The minimum atomic E-state index is -0.475. The van der Waals surface area contributed by atoms with Crippen molar-refractivity contribution < 1.29 is 9.84 Å². The minimum absolute atomic E-state index is 0.117. The van der Waals surface area contributed by atoms with E-state index in [0.717, 1.165) is 42.9 Å². The summed E-state index contributed by atoms with van der Waals surface area (Å²) in [7, 11) is 0. The molecule has 2 aromatic rings. The van der Waals surface area contributed by atoms with Gasteiger partial charge in [0.2, 0.25) is 0 Å². The van der Waals surface area contributed by atoms with Gasteiger partial charge in [0.05, 0.1) is 12.7 Å². The molecule has 0 bridgehead atoms. The molecule has 4 rings (SSSR count). The molecule has 0 saturated carbocycles. The van der Waals surface area contributed by atoms with Gasteiger partial charge >= 0.3 is 0 Å². The zero-order valence-corrected chi connectivity index (χ0v) is 11.2. The van der Waals surface area contributed by atoms with Crippen LogP contribution in [-0.4, -0.2) is 16.7 Å². The highest BCUT2D eigenvalue weighted by Gasteiger charge is 2.31. The third-order valence-electron chi connectivity index (χ3n) is 4.44. The molecule has 3 heteroatoms. The maximum atomic E-state index is 10.7. The van der Waals surface area contributed by atoms with Gasteiger partial charge in [0.1, 0.15) is 5.75 Å². The molecule has 0 fully saturated rings. The number of rotatable bonds is 2. The molecule has 1 aromatic heterocycles. The maximum absolute atomic E-state index is 10.7. The average molecular weight is 267 g/mol. The second kappa shape index (κ2) is 4.60. The molecule has 2 unspecified atom stereocenters. The Morgan fingerprint density at radius 3 is 3.10 bits per heavy atom. The van der Waals surface area contributed by atoms with Gasteiger partial charge in [-0.2, -0.15) is 0 Å². The first-order chi connectivity index (χ1) is 9.83. The van der Waals surface area contributed by atoms with Gasteiger partial charge in [-0.3, -0.25) is 4.98 Å². The average Bonchev–Trinajstić information content (AvgIpc) is 3.12. The Balaban J connectivity index is 1.67. The first-order valence-electron chi connectivity index (χ1n) is 7.20. The van der Waals surface area contributed by atoms with Crippen LogP contribution in [0.2, 0.25) is 0 Å². The number of nitrogens with zero attached hydrogens (tertiary/aromatic N) is 1. The van der Waals surface area contributed by atoms with E-state index in [9.17, 15) is 5.11 Å². The molecule has 3 nitrogen and oxygen atoms in total. The van der Waals surface area contributed by atoms with Gasteiger partial charge in [0.15, 0.2) is 0 Å². The van der Waals surface area contributed by atoms with Crippen LogP contribution in [0.3, 0.4) is 0 Å². The van der Waals surface area contributed by atoms with E-state index < -0.39 is 6.10 Å². The summed E-state index contributed by atoms with van der Waals surface area (Å²) in [4.78, 5) is 4.48. The lowest BCUT2D eigenvalue weighted by Gasteiger charge is -2.19. The lowest BCUT2D eigenvalue weighted by Crippen LogP contribution is -2.09. The SMILES string of the molecule is OC(c1ccc2c(c1)CCO2)C1CCc2cccnc21. The molecule has 0 radical (unpaired) electrons. The number of fused-ring (bicyclic) bond motifs is 2. The Hall–Kier alpha value is -1.87. The summed E-state index contributed by atoms with van der Waals surface area (Å²) in [6.07, 6.45) is 4.27. The summed E-state index contributed by atoms with van der Waals surface area (Å²) in [5.74, 6) is 1.08. The fraction of sp³-hybridized carbons (Fsp3) is 0.353. The lowest BCUT2D eigenvalue weighted by atomic mass is 9.92. The van der Waals surface area contributed by atoms with Crippen LogP contribution < -0.4 is 4.74 Å². The van der Waals surface area contributed by atoms with Crippen molar-refractivity contribution in [2.75, 3.05) is 6.61 Å². The van der Waals surface area contributed by atoms with E-state index in [0.29, 0.717) is 0 Å². The largest absolute Gasteiger partial charge is 0.493 e. The summed E-state index contributed by atoms with van der Waals surface area (Å²) in [5, 5.41) is 10.7. The standard InChI is InChI=1S/C17H17NO2/c19-17(13-4-6-15-12(10-13)7-9-20-15)14-5-3-11-2-1-8-18-16(11)14/h1-2,4,6,8,10,14,17,19H,3,5,7,9H2. The summed E-state index contributed by atoms with van der Waals surface area (Å²) >= 11 is 0. The van der Waals surface area contributed by atoms with Crippen molar-refractivity contribution in [2.24, 2.45) is 0 Å². The molecule has 2 atom stereocenters. The fourth-order valence-corrected chi connectivity index (χ4v) is 3.37. The molecule has 1 aliphatic heterocycles. The van der Waals surface area contributed by atoms with Gasteiger partial charge in [-0.15, -0.1) is 0 Å². The summed E-state index contributed by atoms with van der Waals surface area (Å²) in [6, 6.07) is 10.1. The van der Waals surface area contributed by atoms with E-state index in [4.69, 9.17) is 4.74 Å². The Labute approximate surface area is 118 Å². The fourth-order valence-electron chi connectivity index (χ4n) is 3.37. The number of pyridine rings is 1. The first-order valence-corrected chi connectivity index (χ1v) is 7.20. The van der Waals surface area contributed by atoms with E-state index in [2.05, 4.69) is 17.1 Å². The molecule has 1 aliphatic carbocycles. The number of aromatic nitrogens is 1. The van der Waals surface area contributed by atoms with Gasteiger partial charge in [-0.05, 0) is 47.7 Å². The lowest BCUT2D eigenvalue weighted by molar-refractivity contribution is 0.143. The van der Waals surface area contributed by atoms with E-state index in [-0.39, 0.29) is 5.92 Å². The highest BCUT2D eigenvalue weighted by Crippen LogP contribution is 2.41. The highest BCUT2D eigenvalue weighted by atomic mass is 16.5. The molecule has 2 aliphatic rings. The summed E-state index contributed by atoms with van der Waals surface area (Å²) < 4.78 is 5.52. The number of hydrogen-bond acceptors (Lipinski definition) is 3. The maximum Gasteiger partial charge on any atom is 0.122 e. The van der Waals surface area contributed by atoms with E-state index in [1.54, 1.807) is 0 Å². The van der Waals surface area contributed by atoms with Crippen LogP contribution in [0.25, 0.3) is 0 Å². The van der Waals surface area contributed by atoms with Crippen molar-refractivity contribution in [1.29, 1.82) is 0 Å². The summed E-state index contributed by atoms with van der Waals surface area (Å²) in [5.41, 5.74) is 4.54. The molecule has 102 valence electrons. The van der Waals surface area contributed by atoms with Crippen molar-refractivity contribution >= 4 is 0 Å². The Morgan fingerprint density at radius 2 is 2.15 bits per heavy atom. The third kappa shape index (κ3) is 1.81. The van der Waals surface area contributed by atoms with Gasteiger partial charge in [0.25, 0.3) is 0 Å². The number of aliphatic hydroxyl groups excluding tert-OH is 1. The van der Waals surface area contributed by atoms with Crippen LogP contribution in [0, 0.1) is 0 Å². The normalized spacial score (nSPS) is 21.1. The number of aliphatic hydroxyl groups is 1. The first kappa shape index (κ1) is 11.9. The van der Waals surface area contributed by atoms with Crippen LogP contribution in [0.1, 0.15) is 40.8 Å². The van der Waals surface area contributed by atoms with E-state index in [1.165, 1.54) is 11.1 Å². The van der Waals surface area contributed by atoms with Gasteiger partial charge in [-0.1, -0.05) is 12.1 Å². The van der Waals surface area contributed by atoms with Gasteiger partial charge in [0, 0.05) is 24.2 Å². The molecule has 20 heavy (non-hydrogen) atoms. The molecular weight excluding hydrogens is 250 g/mol. The van der Waals surface area contributed by atoms with Crippen LogP contribution in [0.5, 0.6) is 5.75 Å². The van der Waals surface area contributed by atoms with Crippen molar-refractivity contribution in [1.82, 2.24) is 4.98 Å². The van der Waals surface area contributed by atoms with Crippen LogP contribution in [0.15, 0.2) is 36.5 Å². The van der Waals surface area contributed by atoms with Crippen LogP contribution in [0.4, 0.5) is 0 Å². The van der Waals surface area contributed by atoms with Gasteiger partial charge in [-0.25, -0.2) is 0 Å². The van der Waals surface area contributed by atoms with Crippen molar-refractivity contribution in [3.8, 4) is 5.75 Å². The number of aryl methyl sites for hydroxylation is 1. The second-order valence-electron chi connectivity index (χ2n) is 5.60. The monoisotopic (exact) mass is 267 g/mol. The number of ether oxygens (including phenoxy) is 1. The molecule has 0 amide bonds. The molecule has 2 heterocycles. The highest BCUT2D eigenvalue weighted by molar-refractivity contribution is 5.42. The summed E-state index contributed by atoms with van der Waals surface area (Å²) in [6.45, 7) is 0.753. The van der Waals surface area contributed by atoms with Crippen molar-refractivity contribution in [3.05, 3.63) is 58.9 Å². The minimum Gasteiger partial charge on any atom is -0.493 e. The van der Waals surface area contributed by atoms with Crippen LogP contribution >= 0.6 is 0 Å². The van der Waals surface area contributed by atoms with E-state index in [1.807, 2.05) is 24.4 Å². The zero-order chi connectivity index (χ0) is 13.5. The molecule has 1 aromatic carbocycles. The molecule has 1 N–H and O–H groups in total. The second-order valence-corrected chi connectivity index (χ2v) is 5.60. The topological polar surface area (TPSA) is 42.4 Å². The Morgan fingerprint density at radius 1 is 1.20 bits per heavy atom. The van der Waals surface area contributed by atoms with Crippen LogP contribution in [-0.2, 0) is 12.8 Å². The van der Waals surface area contributed by atoms with E-state index >= 15 is 0 Å². The quantitative estimate of drug-likeness (QED) is 0.909. The predicted octanol–water partition coefficient (Wildman–Crippen LogP) is 2.78. The van der Waals surface area contributed by atoms with Gasteiger partial charge < -0.3 is 9.84 Å². The van der Waals surface area contributed by atoms with Crippen molar-refractivity contribution in [2.45, 2.75) is 31.3 Å². The zero-order valence-electron chi connectivity index (χ0n) is 11.2. The molecule has 0 spiro atoms. The molecular formula is C17H17NO2. The number of benzene rings is 1.